The molecular formula is C11H20N2O2. The molecule has 1 heterocycles. The van der Waals surface area contributed by atoms with Gasteiger partial charge in [-0.2, -0.15) is 0 Å². The number of aliphatic hydroxyl groups is 1. The molecule has 0 spiro atoms. The van der Waals surface area contributed by atoms with Crippen LogP contribution in [0.15, 0.2) is 0 Å². The number of carbonyl (C=O) groups excluding carboxylic acids is 1. The molecule has 0 aromatic heterocycles. The fraction of sp³-hybridized carbons (Fsp3) is 0.909. The van der Waals surface area contributed by atoms with E-state index in [1.54, 1.807) is 6.92 Å². The van der Waals surface area contributed by atoms with Crippen molar-refractivity contribution in [1.29, 1.82) is 0 Å². The van der Waals surface area contributed by atoms with Crippen molar-refractivity contribution in [1.82, 2.24) is 4.90 Å². The quantitative estimate of drug-likeness (QED) is 0.689. The van der Waals surface area contributed by atoms with Crippen LogP contribution >= 0.6 is 0 Å². The Labute approximate surface area is 90.4 Å². The number of nitrogens with zero attached hydrogens (tertiary/aromatic N) is 1. The molecule has 1 aliphatic carbocycles. The van der Waals surface area contributed by atoms with E-state index < -0.39 is 0 Å². The van der Waals surface area contributed by atoms with Crippen LogP contribution in [0.5, 0.6) is 0 Å². The van der Waals surface area contributed by atoms with Gasteiger partial charge in [-0.05, 0) is 26.2 Å². The molecule has 2 rings (SSSR count). The van der Waals surface area contributed by atoms with E-state index in [9.17, 15) is 9.90 Å². The molecule has 1 aliphatic heterocycles. The number of hydrogen-bond donors (Lipinski definition) is 2. The van der Waals surface area contributed by atoms with Crippen LogP contribution in [0.3, 0.4) is 0 Å². The monoisotopic (exact) mass is 212 g/mol. The number of nitrogens with two attached hydrogens (primary N) is 1. The number of carbonyl (C=O) groups is 1. The lowest BCUT2D eigenvalue weighted by molar-refractivity contribution is -0.135. The number of hydrogen-bond acceptors (Lipinski definition) is 3. The highest BCUT2D eigenvalue weighted by atomic mass is 16.3. The Morgan fingerprint density at radius 2 is 2.33 bits per heavy atom. The Kier molecular flexibility index (Phi) is 2.73. The fourth-order valence-corrected chi connectivity index (χ4v) is 2.36. The van der Waals surface area contributed by atoms with Crippen LogP contribution in [0.25, 0.3) is 0 Å². The van der Waals surface area contributed by atoms with Crippen LogP contribution in [-0.2, 0) is 4.79 Å². The zero-order valence-electron chi connectivity index (χ0n) is 9.28. The number of amides is 1. The van der Waals surface area contributed by atoms with Crippen molar-refractivity contribution in [2.24, 2.45) is 17.1 Å². The first kappa shape index (κ1) is 10.9. The molecule has 86 valence electrons. The molecule has 1 amide bonds. The van der Waals surface area contributed by atoms with Crippen LogP contribution in [0, 0.1) is 11.3 Å². The van der Waals surface area contributed by atoms with Gasteiger partial charge in [0, 0.05) is 25.6 Å². The summed E-state index contributed by atoms with van der Waals surface area (Å²) in [6, 6.07) is 0. The Morgan fingerprint density at radius 1 is 1.67 bits per heavy atom. The van der Waals surface area contributed by atoms with Crippen molar-refractivity contribution in [3.8, 4) is 0 Å². The maximum absolute atomic E-state index is 12.1. The maximum atomic E-state index is 12.1. The first-order valence-electron chi connectivity index (χ1n) is 5.76. The van der Waals surface area contributed by atoms with Crippen LogP contribution in [0.4, 0.5) is 0 Å². The fourth-order valence-electron chi connectivity index (χ4n) is 2.36. The van der Waals surface area contributed by atoms with Crippen molar-refractivity contribution >= 4 is 5.91 Å². The smallest absolute Gasteiger partial charge is 0.230 e. The Bertz CT molecular complexity index is 261. The van der Waals surface area contributed by atoms with Gasteiger partial charge in [0.25, 0.3) is 0 Å². The molecule has 0 radical (unpaired) electrons. The molecule has 3 N–H and O–H groups in total. The largest absolute Gasteiger partial charge is 0.393 e. The van der Waals surface area contributed by atoms with Gasteiger partial charge < -0.3 is 15.7 Å². The predicted octanol–water partition coefficient (Wildman–Crippen LogP) is -0.0454. The molecular weight excluding hydrogens is 192 g/mol. The standard InChI is InChI=1S/C11H20N2O2/c1-8(14)9-2-5-13(6-9)10(15)11(7-12)3-4-11/h8-9,14H,2-7,12H2,1H3. The van der Waals surface area contributed by atoms with Crippen molar-refractivity contribution < 1.29 is 9.90 Å². The van der Waals surface area contributed by atoms with Crippen molar-refractivity contribution in [2.75, 3.05) is 19.6 Å². The number of aliphatic hydroxyl groups excluding tert-OH is 1. The lowest BCUT2D eigenvalue weighted by Crippen LogP contribution is -2.39. The minimum absolute atomic E-state index is 0.216. The summed E-state index contributed by atoms with van der Waals surface area (Å²) in [5, 5.41) is 9.46. The topological polar surface area (TPSA) is 66.6 Å². The zero-order chi connectivity index (χ0) is 11.1. The lowest BCUT2D eigenvalue weighted by atomic mass is 10.0. The molecule has 0 aromatic rings. The molecule has 2 atom stereocenters. The third-order valence-corrected chi connectivity index (χ3v) is 3.89. The van der Waals surface area contributed by atoms with E-state index in [4.69, 9.17) is 5.73 Å². The molecule has 2 fully saturated rings. The van der Waals surface area contributed by atoms with Gasteiger partial charge in [-0.15, -0.1) is 0 Å². The van der Waals surface area contributed by atoms with Crippen LogP contribution in [-0.4, -0.2) is 41.7 Å². The molecule has 0 aromatic carbocycles. The van der Waals surface area contributed by atoms with Gasteiger partial charge in [0.15, 0.2) is 0 Å². The summed E-state index contributed by atoms with van der Waals surface area (Å²) in [5.41, 5.74) is 5.41. The zero-order valence-corrected chi connectivity index (χ0v) is 9.28. The van der Waals surface area contributed by atoms with Crippen molar-refractivity contribution in [3.63, 3.8) is 0 Å². The summed E-state index contributed by atoms with van der Waals surface area (Å²) in [4.78, 5) is 14.0. The van der Waals surface area contributed by atoms with E-state index in [0.29, 0.717) is 13.1 Å². The second kappa shape index (κ2) is 3.76. The summed E-state index contributed by atoms with van der Waals surface area (Å²) < 4.78 is 0. The summed E-state index contributed by atoms with van der Waals surface area (Å²) in [6.45, 7) is 3.77. The summed E-state index contributed by atoms with van der Waals surface area (Å²) in [6.07, 6.45) is 2.50. The normalized spacial score (nSPS) is 30.3. The third kappa shape index (κ3) is 1.88. The summed E-state index contributed by atoms with van der Waals surface area (Å²) >= 11 is 0. The molecule has 2 aliphatic rings. The Morgan fingerprint density at radius 3 is 2.73 bits per heavy atom. The van der Waals surface area contributed by atoms with Gasteiger partial charge >= 0.3 is 0 Å². The first-order valence-corrected chi connectivity index (χ1v) is 5.76. The van der Waals surface area contributed by atoms with Gasteiger partial charge in [-0.3, -0.25) is 4.79 Å². The number of rotatable bonds is 3. The van der Waals surface area contributed by atoms with Gasteiger partial charge in [0.05, 0.1) is 11.5 Å². The molecule has 2 unspecified atom stereocenters. The molecule has 0 bridgehead atoms. The summed E-state index contributed by atoms with van der Waals surface area (Å²) in [7, 11) is 0. The molecule has 15 heavy (non-hydrogen) atoms. The first-order chi connectivity index (χ1) is 7.09. The SMILES string of the molecule is CC(O)C1CCN(C(=O)C2(CN)CC2)C1. The highest BCUT2D eigenvalue weighted by Crippen LogP contribution is 2.46. The van der Waals surface area contributed by atoms with Gasteiger partial charge in [0.1, 0.15) is 0 Å². The second-order valence-electron chi connectivity index (χ2n) is 5.02. The second-order valence-corrected chi connectivity index (χ2v) is 5.02. The van der Waals surface area contributed by atoms with Gasteiger partial charge in [-0.1, -0.05) is 0 Å². The average Bonchev–Trinajstić information content (AvgIpc) is 2.86. The van der Waals surface area contributed by atoms with Crippen molar-refractivity contribution in [2.45, 2.75) is 32.3 Å². The van der Waals surface area contributed by atoms with Gasteiger partial charge in [0.2, 0.25) is 5.91 Å². The summed E-state index contributed by atoms with van der Waals surface area (Å²) in [5.74, 6) is 0.468. The molecule has 4 heteroatoms. The van der Waals surface area contributed by atoms with E-state index in [2.05, 4.69) is 0 Å². The highest BCUT2D eigenvalue weighted by molar-refractivity contribution is 5.85. The van der Waals surface area contributed by atoms with E-state index in [-0.39, 0.29) is 23.3 Å². The molecule has 4 nitrogen and oxygen atoms in total. The van der Waals surface area contributed by atoms with E-state index in [1.165, 1.54) is 0 Å². The Hall–Kier alpha value is -0.610. The third-order valence-electron chi connectivity index (χ3n) is 3.89. The predicted molar refractivity (Wildman–Crippen MR) is 57.1 cm³/mol. The van der Waals surface area contributed by atoms with E-state index in [1.807, 2.05) is 4.90 Å². The molecule has 1 saturated carbocycles. The minimum Gasteiger partial charge on any atom is -0.393 e. The Balaban J connectivity index is 1.94. The van der Waals surface area contributed by atoms with Gasteiger partial charge in [-0.25, -0.2) is 0 Å². The highest BCUT2D eigenvalue weighted by Gasteiger charge is 2.51. The van der Waals surface area contributed by atoms with Crippen LogP contribution in [0.1, 0.15) is 26.2 Å². The molecule has 1 saturated heterocycles. The average molecular weight is 212 g/mol. The number of likely N-dealkylation sites (tertiary alicyclic amines) is 1. The maximum Gasteiger partial charge on any atom is 0.230 e. The van der Waals surface area contributed by atoms with Crippen molar-refractivity contribution in [3.05, 3.63) is 0 Å². The lowest BCUT2D eigenvalue weighted by Gasteiger charge is -2.22. The minimum atomic E-state index is -0.309. The van der Waals surface area contributed by atoms with Crippen LogP contribution in [0.2, 0.25) is 0 Å². The van der Waals surface area contributed by atoms with Crippen LogP contribution < -0.4 is 5.73 Å². The van der Waals surface area contributed by atoms with E-state index >= 15 is 0 Å². The van der Waals surface area contributed by atoms with E-state index in [0.717, 1.165) is 25.8 Å².